The molecule has 0 fully saturated rings. The number of nitrogens with zero attached hydrogens (tertiary/aromatic N) is 1. The largest absolute Gasteiger partial charge is 0.455 e. The Balaban J connectivity index is 1.74. The Morgan fingerprint density at radius 3 is 2.75 bits per heavy atom. The minimum atomic E-state index is -0.493. The highest BCUT2D eigenvalue weighted by molar-refractivity contribution is 5.88. The van der Waals surface area contributed by atoms with Gasteiger partial charge in [0.1, 0.15) is 11.9 Å². The first-order valence-corrected chi connectivity index (χ1v) is 6.39. The fraction of sp³-hybridized carbons (Fsp3) is 0.333. The zero-order chi connectivity index (χ0) is 14.4. The van der Waals surface area contributed by atoms with Crippen molar-refractivity contribution in [1.82, 2.24) is 4.98 Å². The molecule has 2 aromatic rings. The van der Waals surface area contributed by atoms with Crippen molar-refractivity contribution in [3.8, 4) is 0 Å². The highest BCUT2D eigenvalue weighted by Gasteiger charge is 2.17. The molecule has 1 aromatic carbocycles. The van der Waals surface area contributed by atoms with Gasteiger partial charge in [0, 0.05) is 0 Å². The van der Waals surface area contributed by atoms with Gasteiger partial charge in [-0.2, -0.15) is 0 Å². The highest BCUT2D eigenvalue weighted by atomic mass is 16.6. The lowest BCUT2D eigenvalue weighted by Crippen LogP contribution is -2.21. The molecule has 0 N–H and O–H groups in total. The maximum atomic E-state index is 11.8. The number of carbonyl (C=O) groups is 1. The third kappa shape index (κ3) is 3.93. The molecule has 5 heteroatoms. The molecule has 0 radical (unpaired) electrons. The van der Waals surface area contributed by atoms with Crippen LogP contribution in [-0.4, -0.2) is 23.7 Å². The second-order valence-electron chi connectivity index (χ2n) is 4.47. The van der Waals surface area contributed by atoms with Crippen LogP contribution in [-0.2, 0) is 16.1 Å². The van der Waals surface area contributed by atoms with E-state index < -0.39 is 5.97 Å². The van der Waals surface area contributed by atoms with Crippen molar-refractivity contribution < 1.29 is 18.7 Å². The molecule has 0 aliphatic rings. The van der Waals surface area contributed by atoms with E-state index in [1.165, 1.54) is 6.39 Å². The zero-order valence-electron chi connectivity index (χ0n) is 11.5. The molecule has 1 heterocycles. The maximum Gasteiger partial charge on any atom is 0.360 e. The first kappa shape index (κ1) is 14.3. The number of rotatable bonds is 6. The van der Waals surface area contributed by atoms with Crippen molar-refractivity contribution >= 4 is 5.97 Å². The van der Waals surface area contributed by atoms with E-state index >= 15 is 0 Å². The summed E-state index contributed by atoms with van der Waals surface area (Å²) in [5.41, 5.74) is 1.29. The van der Waals surface area contributed by atoms with Crippen LogP contribution in [0.3, 0.4) is 0 Å². The lowest BCUT2D eigenvalue weighted by atomic mass is 10.2. The Morgan fingerprint density at radius 1 is 1.35 bits per heavy atom. The van der Waals surface area contributed by atoms with Gasteiger partial charge < -0.3 is 13.9 Å². The van der Waals surface area contributed by atoms with Gasteiger partial charge in [0.2, 0.25) is 0 Å². The number of aryl methyl sites for hydroxylation is 1. The van der Waals surface area contributed by atoms with Crippen LogP contribution in [0.25, 0.3) is 0 Å². The van der Waals surface area contributed by atoms with E-state index in [-0.39, 0.29) is 11.8 Å². The fourth-order valence-electron chi connectivity index (χ4n) is 1.69. The summed E-state index contributed by atoms with van der Waals surface area (Å²) in [6.07, 6.45) is 0.880. The molecule has 0 saturated carbocycles. The number of esters is 1. The Labute approximate surface area is 117 Å². The monoisotopic (exact) mass is 275 g/mol. The molecule has 2 rings (SSSR count). The molecule has 0 aliphatic heterocycles. The van der Waals surface area contributed by atoms with Gasteiger partial charge in [-0.25, -0.2) is 9.78 Å². The molecule has 0 spiro atoms. The molecule has 0 amide bonds. The second-order valence-corrected chi connectivity index (χ2v) is 4.47. The Bertz CT molecular complexity index is 550. The quantitative estimate of drug-likeness (QED) is 0.758. The molecule has 0 aliphatic carbocycles. The number of aromatic nitrogens is 1. The molecule has 5 nitrogen and oxygen atoms in total. The van der Waals surface area contributed by atoms with Crippen LogP contribution in [0, 0.1) is 6.92 Å². The number of hydrogen-bond acceptors (Lipinski definition) is 5. The molecule has 106 valence electrons. The van der Waals surface area contributed by atoms with Crippen molar-refractivity contribution in [1.29, 1.82) is 0 Å². The predicted octanol–water partition coefficient (Wildman–Crippen LogP) is 2.75. The number of hydrogen-bond donors (Lipinski definition) is 0. The van der Waals surface area contributed by atoms with Crippen molar-refractivity contribution in [3.05, 3.63) is 53.7 Å². The van der Waals surface area contributed by atoms with Crippen LogP contribution in [0.15, 0.2) is 41.1 Å². The second kappa shape index (κ2) is 6.86. The Hall–Kier alpha value is -2.14. The van der Waals surface area contributed by atoms with Crippen LogP contribution in [0.1, 0.15) is 28.7 Å². The number of ether oxygens (including phenoxy) is 2. The normalized spacial score (nSPS) is 12.1. The molecule has 0 bridgehead atoms. The van der Waals surface area contributed by atoms with Crippen LogP contribution in [0.2, 0.25) is 0 Å². The SMILES string of the molecule is Cc1ocnc1C(=O)OC(C)COCc1ccccc1. The average Bonchev–Trinajstić information content (AvgIpc) is 2.86. The van der Waals surface area contributed by atoms with Crippen LogP contribution in [0.4, 0.5) is 0 Å². The lowest BCUT2D eigenvalue weighted by Gasteiger charge is -2.13. The third-order valence-corrected chi connectivity index (χ3v) is 2.71. The highest BCUT2D eigenvalue weighted by Crippen LogP contribution is 2.08. The van der Waals surface area contributed by atoms with Crippen molar-refractivity contribution in [3.63, 3.8) is 0 Å². The van der Waals surface area contributed by atoms with Gasteiger partial charge >= 0.3 is 5.97 Å². The van der Waals surface area contributed by atoms with E-state index in [1.807, 2.05) is 30.3 Å². The minimum Gasteiger partial charge on any atom is -0.455 e. The fourth-order valence-corrected chi connectivity index (χ4v) is 1.69. The maximum absolute atomic E-state index is 11.8. The molecule has 1 unspecified atom stereocenters. The van der Waals surface area contributed by atoms with Gasteiger partial charge in [-0.05, 0) is 19.4 Å². The number of carbonyl (C=O) groups excluding carboxylic acids is 1. The summed E-state index contributed by atoms with van der Waals surface area (Å²) in [7, 11) is 0. The smallest absolute Gasteiger partial charge is 0.360 e. The van der Waals surface area contributed by atoms with E-state index in [0.717, 1.165) is 5.56 Å². The van der Waals surface area contributed by atoms with Crippen molar-refractivity contribution in [2.45, 2.75) is 26.6 Å². The van der Waals surface area contributed by atoms with Gasteiger partial charge in [-0.15, -0.1) is 0 Å². The molecule has 0 saturated heterocycles. The van der Waals surface area contributed by atoms with E-state index in [2.05, 4.69) is 4.98 Å². The summed E-state index contributed by atoms with van der Waals surface area (Å²) in [6, 6.07) is 9.82. The number of benzene rings is 1. The Kier molecular flexibility index (Phi) is 4.90. The third-order valence-electron chi connectivity index (χ3n) is 2.71. The summed E-state index contributed by atoms with van der Waals surface area (Å²) >= 11 is 0. The minimum absolute atomic E-state index is 0.208. The van der Waals surface area contributed by atoms with Crippen molar-refractivity contribution in [2.24, 2.45) is 0 Å². The van der Waals surface area contributed by atoms with Gasteiger partial charge in [-0.3, -0.25) is 0 Å². The van der Waals surface area contributed by atoms with Crippen LogP contribution in [0.5, 0.6) is 0 Å². The molecule has 1 aromatic heterocycles. The Morgan fingerprint density at radius 2 is 2.10 bits per heavy atom. The standard InChI is InChI=1S/C15H17NO4/c1-11(8-18-9-13-6-4-3-5-7-13)20-15(17)14-12(2)19-10-16-14/h3-7,10-11H,8-9H2,1-2H3. The molecule has 1 atom stereocenters. The summed E-state index contributed by atoms with van der Waals surface area (Å²) in [6.45, 7) is 4.27. The van der Waals surface area contributed by atoms with Crippen LogP contribution < -0.4 is 0 Å². The summed E-state index contributed by atoms with van der Waals surface area (Å²) in [4.78, 5) is 15.6. The van der Waals surface area contributed by atoms with E-state index in [4.69, 9.17) is 13.9 Å². The van der Waals surface area contributed by atoms with Crippen molar-refractivity contribution in [2.75, 3.05) is 6.61 Å². The summed E-state index contributed by atoms with van der Waals surface area (Å²) in [5.74, 6) is -0.0422. The van der Waals surface area contributed by atoms with Crippen LogP contribution >= 0.6 is 0 Å². The van der Waals surface area contributed by atoms with Gasteiger partial charge in [0.15, 0.2) is 12.1 Å². The number of oxazole rings is 1. The van der Waals surface area contributed by atoms with Gasteiger partial charge in [-0.1, -0.05) is 30.3 Å². The first-order valence-electron chi connectivity index (χ1n) is 6.39. The molecule has 20 heavy (non-hydrogen) atoms. The summed E-state index contributed by atoms with van der Waals surface area (Å²) < 4.78 is 15.7. The molecular formula is C15H17NO4. The van der Waals surface area contributed by atoms with E-state index in [9.17, 15) is 4.79 Å². The topological polar surface area (TPSA) is 61.6 Å². The van der Waals surface area contributed by atoms with Gasteiger partial charge in [0.05, 0.1) is 13.2 Å². The zero-order valence-corrected chi connectivity index (χ0v) is 11.5. The summed E-state index contributed by atoms with van der Waals surface area (Å²) in [5, 5.41) is 0. The lowest BCUT2D eigenvalue weighted by molar-refractivity contribution is -0.00221. The predicted molar refractivity (Wildman–Crippen MR) is 72.2 cm³/mol. The first-order chi connectivity index (χ1) is 9.66. The van der Waals surface area contributed by atoms with E-state index in [0.29, 0.717) is 19.0 Å². The molecular weight excluding hydrogens is 258 g/mol. The van der Waals surface area contributed by atoms with E-state index in [1.54, 1.807) is 13.8 Å². The van der Waals surface area contributed by atoms with Gasteiger partial charge in [0.25, 0.3) is 0 Å². The average molecular weight is 275 g/mol.